The zero-order valence-electron chi connectivity index (χ0n) is 13.3. The molecule has 0 radical (unpaired) electrons. The van der Waals surface area contributed by atoms with Gasteiger partial charge in [0.05, 0.1) is 5.02 Å². The van der Waals surface area contributed by atoms with E-state index in [1.54, 1.807) is 42.5 Å². The normalized spacial score (nSPS) is 10.6. The van der Waals surface area contributed by atoms with Gasteiger partial charge in [0.2, 0.25) is 5.88 Å². The van der Waals surface area contributed by atoms with Crippen molar-refractivity contribution < 1.29 is 14.6 Å². The molecule has 2 aromatic carbocycles. The molecule has 0 aliphatic heterocycles. The van der Waals surface area contributed by atoms with Crippen LogP contribution in [0.3, 0.4) is 0 Å². The number of hydrogen-bond acceptors (Lipinski definition) is 5. The number of carbonyl (C=O) groups is 1. The van der Waals surface area contributed by atoms with Crippen LogP contribution in [0.2, 0.25) is 10.0 Å². The molecule has 0 fully saturated rings. The van der Waals surface area contributed by atoms with Crippen LogP contribution in [-0.2, 0) is 6.54 Å². The van der Waals surface area contributed by atoms with Gasteiger partial charge < -0.3 is 15.6 Å². The van der Waals surface area contributed by atoms with Gasteiger partial charge in [0.15, 0.2) is 5.82 Å². The molecule has 1 aromatic heterocycles. The number of aromatic carboxylic acids is 1. The molecule has 6 nitrogen and oxygen atoms in total. The van der Waals surface area contributed by atoms with Gasteiger partial charge in [-0.25, -0.2) is 9.78 Å². The first-order valence-electron chi connectivity index (χ1n) is 7.51. The number of halogens is 2. The quantitative estimate of drug-likeness (QED) is 0.670. The summed E-state index contributed by atoms with van der Waals surface area (Å²) in [5.74, 6) is -0.749. The summed E-state index contributed by atoms with van der Waals surface area (Å²) in [5.41, 5.74) is 6.85. The van der Waals surface area contributed by atoms with E-state index < -0.39 is 5.97 Å². The Morgan fingerprint density at radius 2 is 1.92 bits per heavy atom. The Kier molecular flexibility index (Phi) is 5.37. The van der Waals surface area contributed by atoms with E-state index in [-0.39, 0.29) is 23.8 Å². The largest absolute Gasteiger partial charge is 0.477 e. The summed E-state index contributed by atoms with van der Waals surface area (Å²) in [4.78, 5) is 19.8. The van der Waals surface area contributed by atoms with Crippen molar-refractivity contribution >= 4 is 29.2 Å². The Morgan fingerprint density at radius 3 is 2.62 bits per heavy atom. The van der Waals surface area contributed by atoms with Crippen LogP contribution < -0.4 is 10.5 Å². The Bertz CT molecular complexity index is 980. The summed E-state index contributed by atoms with van der Waals surface area (Å²) >= 11 is 12.1. The van der Waals surface area contributed by atoms with Crippen molar-refractivity contribution in [2.24, 2.45) is 5.73 Å². The van der Waals surface area contributed by atoms with Crippen molar-refractivity contribution in [3.8, 4) is 23.0 Å². The first-order valence-corrected chi connectivity index (χ1v) is 8.26. The van der Waals surface area contributed by atoms with Crippen LogP contribution >= 0.6 is 23.2 Å². The lowest BCUT2D eigenvalue weighted by molar-refractivity contribution is 0.0693. The van der Waals surface area contributed by atoms with Crippen LogP contribution in [0.25, 0.3) is 11.4 Å². The average molecular weight is 390 g/mol. The summed E-state index contributed by atoms with van der Waals surface area (Å²) in [7, 11) is 0. The minimum Gasteiger partial charge on any atom is -0.477 e. The summed E-state index contributed by atoms with van der Waals surface area (Å²) in [5, 5.41) is 10.2. The molecular weight excluding hydrogens is 377 g/mol. The van der Waals surface area contributed by atoms with Gasteiger partial charge in [0, 0.05) is 23.3 Å². The number of ether oxygens (including phenoxy) is 1. The molecular formula is C18H13Cl2N3O3. The van der Waals surface area contributed by atoms with E-state index in [4.69, 9.17) is 33.7 Å². The highest BCUT2D eigenvalue weighted by atomic mass is 35.5. The van der Waals surface area contributed by atoms with Gasteiger partial charge in [-0.05, 0) is 35.9 Å². The Balaban J connectivity index is 2.07. The number of nitrogens with two attached hydrogens (primary N) is 1. The summed E-state index contributed by atoms with van der Waals surface area (Å²) in [6.07, 6.45) is 1.19. The number of hydrogen-bond donors (Lipinski definition) is 2. The molecule has 0 atom stereocenters. The fourth-order valence-corrected chi connectivity index (χ4v) is 2.60. The average Bonchev–Trinajstić information content (AvgIpc) is 2.64. The standard InChI is InChI=1S/C18H13Cl2N3O3/c19-13-6-5-10(7-11(13)8-21)16-22-9-12(18(24)25)17(23-16)26-15-4-2-1-3-14(15)20/h1-7,9H,8,21H2,(H,24,25). The minimum atomic E-state index is -1.21. The van der Waals surface area contributed by atoms with Gasteiger partial charge in [0.25, 0.3) is 0 Å². The van der Waals surface area contributed by atoms with Crippen LogP contribution in [0.1, 0.15) is 15.9 Å². The summed E-state index contributed by atoms with van der Waals surface area (Å²) in [6, 6.07) is 11.9. The molecule has 0 amide bonds. The molecule has 0 aliphatic carbocycles. The predicted octanol–water partition coefficient (Wildman–Crippen LogP) is 4.40. The first kappa shape index (κ1) is 18.1. The van der Waals surface area contributed by atoms with E-state index in [9.17, 15) is 9.90 Å². The number of para-hydroxylation sites is 1. The molecule has 0 unspecified atom stereocenters. The maximum absolute atomic E-state index is 11.5. The molecule has 3 aromatic rings. The van der Waals surface area contributed by atoms with E-state index in [0.29, 0.717) is 21.4 Å². The van der Waals surface area contributed by atoms with E-state index in [1.807, 2.05) is 0 Å². The van der Waals surface area contributed by atoms with Crippen molar-refractivity contribution in [2.45, 2.75) is 6.54 Å². The van der Waals surface area contributed by atoms with Gasteiger partial charge in [-0.15, -0.1) is 0 Å². The van der Waals surface area contributed by atoms with Crippen molar-refractivity contribution in [3.63, 3.8) is 0 Å². The van der Waals surface area contributed by atoms with Crippen LogP contribution in [0, 0.1) is 0 Å². The summed E-state index contributed by atoms with van der Waals surface area (Å²) in [6.45, 7) is 0.253. The fourth-order valence-electron chi connectivity index (χ4n) is 2.23. The molecule has 1 heterocycles. The highest BCUT2D eigenvalue weighted by Gasteiger charge is 2.18. The highest BCUT2D eigenvalue weighted by Crippen LogP contribution is 2.31. The zero-order valence-corrected chi connectivity index (χ0v) is 14.8. The maximum atomic E-state index is 11.5. The monoisotopic (exact) mass is 389 g/mol. The number of carboxylic acid groups (broad SMARTS) is 1. The minimum absolute atomic E-state index is 0.111. The van der Waals surface area contributed by atoms with E-state index in [2.05, 4.69) is 9.97 Å². The molecule has 26 heavy (non-hydrogen) atoms. The topological polar surface area (TPSA) is 98.3 Å². The van der Waals surface area contributed by atoms with Crippen LogP contribution in [-0.4, -0.2) is 21.0 Å². The first-order chi connectivity index (χ1) is 12.5. The molecule has 0 spiro atoms. The predicted molar refractivity (Wildman–Crippen MR) is 98.9 cm³/mol. The third-order valence-electron chi connectivity index (χ3n) is 3.55. The van der Waals surface area contributed by atoms with Crippen molar-refractivity contribution in [2.75, 3.05) is 0 Å². The van der Waals surface area contributed by atoms with Crippen LogP contribution in [0.5, 0.6) is 11.6 Å². The highest BCUT2D eigenvalue weighted by molar-refractivity contribution is 6.32. The lowest BCUT2D eigenvalue weighted by atomic mass is 10.1. The fraction of sp³-hybridized carbons (Fsp3) is 0.0556. The molecule has 132 valence electrons. The zero-order chi connectivity index (χ0) is 18.7. The molecule has 3 N–H and O–H groups in total. The van der Waals surface area contributed by atoms with Crippen LogP contribution in [0.15, 0.2) is 48.7 Å². The molecule has 0 bridgehead atoms. The van der Waals surface area contributed by atoms with E-state index >= 15 is 0 Å². The molecule has 0 saturated heterocycles. The van der Waals surface area contributed by atoms with Crippen LogP contribution in [0.4, 0.5) is 0 Å². The second-order valence-electron chi connectivity index (χ2n) is 5.26. The van der Waals surface area contributed by atoms with Crippen molar-refractivity contribution in [1.29, 1.82) is 0 Å². The number of aromatic nitrogens is 2. The molecule has 8 heteroatoms. The maximum Gasteiger partial charge on any atom is 0.342 e. The smallest absolute Gasteiger partial charge is 0.342 e. The molecule has 0 aliphatic rings. The third kappa shape index (κ3) is 3.77. The number of nitrogens with zero attached hydrogens (tertiary/aromatic N) is 2. The third-order valence-corrected chi connectivity index (χ3v) is 4.23. The van der Waals surface area contributed by atoms with Gasteiger partial charge in [0.1, 0.15) is 11.3 Å². The molecule has 3 rings (SSSR count). The number of rotatable bonds is 5. The van der Waals surface area contributed by atoms with Crippen molar-refractivity contribution in [3.05, 3.63) is 69.8 Å². The second kappa shape index (κ2) is 7.70. The molecule has 0 saturated carbocycles. The number of carboxylic acids is 1. The van der Waals surface area contributed by atoms with E-state index in [0.717, 1.165) is 5.56 Å². The van der Waals surface area contributed by atoms with Gasteiger partial charge in [-0.1, -0.05) is 35.3 Å². The van der Waals surface area contributed by atoms with Gasteiger partial charge >= 0.3 is 5.97 Å². The lowest BCUT2D eigenvalue weighted by Gasteiger charge is -2.11. The summed E-state index contributed by atoms with van der Waals surface area (Å²) < 4.78 is 5.63. The van der Waals surface area contributed by atoms with Crippen molar-refractivity contribution in [1.82, 2.24) is 9.97 Å². The second-order valence-corrected chi connectivity index (χ2v) is 6.07. The van der Waals surface area contributed by atoms with Gasteiger partial charge in [-0.3, -0.25) is 0 Å². The number of benzene rings is 2. The SMILES string of the molecule is NCc1cc(-c2ncc(C(=O)O)c(Oc3ccccc3Cl)n2)ccc1Cl. The lowest BCUT2D eigenvalue weighted by Crippen LogP contribution is -2.05. The van der Waals surface area contributed by atoms with Gasteiger partial charge in [-0.2, -0.15) is 4.98 Å². The Hall–Kier alpha value is -2.67. The Labute approximate surface area is 159 Å². The Morgan fingerprint density at radius 1 is 1.15 bits per heavy atom. The van der Waals surface area contributed by atoms with E-state index in [1.165, 1.54) is 6.20 Å².